The number of amides is 3. The van der Waals surface area contributed by atoms with Crippen LogP contribution in [0.1, 0.15) is 18.5 Å². The fourth-order valence-corrected chi connectivity index (χ4v) is 3.16. The highest BCUT2D eigenvalue weighted by Crippen LogP contribution is 2.35. The van der Waals surface area contributed by atoms with Crippen LogP contribution in [0.4, 0.5) is 10.5 Å². The minimum atomic E-state index is -0.708. The first-order valence-corrected chi connectivity index (χ1v) is 8.96. The Kier molecular flexibility index (Phi) is 5.84. The van der Waals surface area contributed by atoms with Gasteiger partial charge < -0.3 is 25.4 Å². The molecule has 2 aromatic carbocycles. The summed E-state index contributed by atoms with van der Waals surface area (Å²) >= 11 is 0. The monoisotopic (exact) mass is 381 g/mol. The number of para-hydroxylation sites is 1. The van der Waals surface area contributed by atoms with Gasteiger partial charge in [0.05, 0.1) is 19.8 Å². The Balaban J connectivity index is 1.92. The predicted octanol–water partition coefficient (Wildman–Crippen LogP) is 3.22. The van der Waals surface area contributed by atoms with E-state index in [-0.39, 0.29) is 5.91 Å². The number of benzene rings is 2. The van der Waals surface area contributed by atoms with E-state index in [1.165, 1.54) is 0 Å². The van der Waals surface area contributed by atoms with Crippen LogP contribution in [0.3, 0.4) is 0 Å². The number of rotatable bonds is 6. The number of nitrogens with one attached hydrogen (secondary N) is 3. The van der Waals surface area contributed by atoms with E-state index in [1.54, 1.807) is 37.4 Å². The van der Waals surface area contributed by atoms with E-state index in [9.17, 15) is 9.59 Å². The van der Waals surface area contributed by atoms with Crippen molar-refractivity contribution < 1.29 is 19.1 Å². The summed E-state index contributed by atoms with van der Waals surface area (Å²) in [6, 6.07) is 13.4. The number of carbonyl (C=O) groups excluding carboxylic acids is 2. The van der Waals surface area contributed by atoms with Gasteiger partial charge in [-0.2, -0.15) is 0 Å². The Morgan fingerprint density at radius 3 is 2.61 bits per heavy atom. The van der Waals surface area contributed by atoms with Crippen LogP contribution in [0.2, 0.25) is 0 Å². The lowest BCUT2D eigenvalue weighted by molar-refractivity contribution is -0.119. The minimum absolute atomic E-state index is 0.276. The molecule has 1 fully saturated rings. The van der Waals surface area contributed by atoms with Crippen LogP contribution in [0.15, 0.2) is 60.8 Å². The van der Waals surface area contributed by atoms with Gasteiger partial charge in [0.25, 0.3) is 0 Å². The molecule has 0 saturated carbocycles. The second-order valence-corrected chi connectivity index (χ2v) is 6.28. The lowest BCUT2D eigenvalue weighted by Crippen LogP contribution is -2.51. The number of hydrogen-bond donors (Lipinski definition) is 3. The highest BCUT2D eigenvalue weighted by Gasteiger charge is 2.38. The number of anilines is 1. The van der Waals surface area contributed by atoms with Crippen molar-refractivity contribution in [2.24, 2.45) is 5.92 Å². The third-order valence-corrected chi connectivity index (χ3v) is 4.44. The standard InChI is InChI=1S/C21H23N3O4/c1-4-28-16-11-10-14(12-17(16)27-3)19-18(13(2)22-21(26)24-19)20(25)23-15-8-6-5-7-9-15/h5-12,18-19H,2,4H2,1,3H3,(H,23,25)(H2,22,24,26)/t18-,19+/m0/s1. The maximum absolute atomic E-state index is 13.0. The van der Waals surface area contributed by atoms with E-state index >= 15 is 0 Å². The van der Waals surface area contributed by atoms with Gasteiger partial charge in [0.15, 0.2) is 11.5 Å². The second kappa shape index (κ2) is 8.47. The van der Waals surface area contributed by atoms with Gasteiger partial charge in [0.2, 0.25) is 5.91 Å². The molecule has 146 valence electrons. The van der Waals surface area contributed by atoms with Crippen molar-refractivity contribution >= 4 is 17.6 Å². The summed E-state index contributed by atoms with van der Waals surface area (Å²) in [4.78, 5) is 25.0. The van der Waals surface area contributed by atoms with Gasteiger partial charge in [-0.15, -0.1) is 0 Å². The molecule has 3 amide bonds. The number of methoxy groups -OCH3 is 1. The summed E-state index contributed by atoms with van der Waals surface area (Å²) in [5.74, 6) is 0.139. The van der Waals surface area contributed by atoms with E-state index in [0.29, 0.717) is 35.1 Å². The van der Waals surface area contributed by atoms with Crippen LogP contribution in [0.5, 0.6) is 11.5 Å². The maximum Gasteiger partial charge on any atom is 0.319 e. The van der Waals surface area contributed by atoms with E-state index in [1.807, 2.05) is 25.1 Å². The van der Waals surface area contributed by atoms with E-state index in [4.69, 9.17) is 9.47 Å². The fourth-order valence-electron chi connectivity index (χ4n) is 3.16. The molecule has 3 rings (SSSR count). The average molecular weight is 381 g/mol. The predicted molar refractivity (Wildman–Crippen MR) is 106 cm³/mol. The molecule has 0 unspecified atom stereocenters. The van der Waals surface area contributed by atoms with Crippen molar-refractivity contribution in [2.45, 2.75) is 13.0 Å². The van der Waals surface area contributed by atoms with Crippen molar-refractivity contribution in [2.75, 3.05) is 19.0 Å². The van der Waals surface area contributed by atoms with Crippen molar-refractivity contribution in [1.29, 1.82) is 0 Å². The maximum atomic E-state index is 13.0. The second-order valence-electron chi connectivity index (χ2n) is 6.28. The molecule has 0 radical (unpaired) electrons. The Hall–Kier alpha value is -3.48. The normalized spacial score (nSPS) is 18.6. The van der Waals surface area contributed by atoms with E-state index < -0.39 is 18.0 Å². The van der Waals surface area contributed by atoms with Gasteiger partial charge in [-0.3, -0.25) is 4.79 Å². The SMILES string of the molecule is C=C1NC(=O)N[C@H](c2ccc(OCC)c(OC)c2)[C@H]1C(=O)Nc1ccccc1. The highest BCUT2D eigenvalue weighted by atomic mass is 16.5. The van der Waals surface area contributed by atoms with Gasteiger partial charge in [0.1, 0.15) is 5.92 Å². The van der Waals surface area contributed by atoms with Gasteiger partial charge in [-0.1, -0.05) is 30.8 Å². The molecular formula is C21H23N3O4. The highest BCUT2D eigenvalue weighted by molar-refractivity contribution is 5.97. The van der Waals surface area contributed by atoms with Crippen LogP contribution in [-0.2, 0) is 4.79 Å². The largest absolute Gasteiger partial charge is 0.493 e. The molecule has 1 aliphatic heterocycles. The fraction of sp³-hybridized carbons (Fsp3) is 0.238. The van der Waals surface area contributed by atoms with Crippen LogP contribution < -0.4 is 25.4 Å². The zero-order chi connectivity index (χ0) is 20.1. The van der Waals surface area contributed by atoms with Crippen LogP contribution >= 0.6 is 0 Å². The zero-order valence-corrected chi connectivity index (χ0v) is 15.8. The molecule has 28 heavy (non-hydrogen) atoms. The summed E-state index contributed by atoms with van der Waals surface area (Å²) in [5, 5.41) is 8.28. The molecule has 0 aliphatic carbocycles. The quantitative estimate of drug-likeness (QED) is 0.717. The molecule has 7 heteroatoms. The molecule has 0 bridgehead atoms. The van der Waals surface area contributed by atoms with Crippen molar-refractivity contribution in [3.8, 4) is 11.5 Å². The summed E-state index contributed by atoms with van der Waals surface area (Å²) in [6.07, 6.45) is 0. The molecule has 2 atom stereocenters. The molecule has 0 spiro atoms. The Morgan fingerprint density at radius 1 is 1.18 bits per heavy atom. The first-order valence-electron chi connectivity index (χ1n) is 8.96. The minimum Gasteiger partial charge on any atom is -0.493 e. The van der Waals surface area contributed by atoms with Crippen molar-refractivity contribution in [3.05, 3.63) is 66.4 Å². The topological polar surface area (TPSA) is 88.7 Å². The van der Waals surface area contributed by atoms with Crippen LogP contribution in [-0.4, -0.2) is 25.7 Å². The van der Waals surface area contributed by atoms with Crippen LogP contribution in [0.25, 0.3) is 0 Å². The van der Waals surface area contributed by atoms with Gasteiger partial charge >= 0.3 is 6.03 Å². The van der Waals surface area contributed by atoms with E-state index in [2.05, 4.69) is 22.5 Å². The molecule has 1 saturated heterocycles. The molecule has 0 aromatic heterocycles. The summed E-state index contributed by atoms with van der Waals surface area (Å²) in [5.41, 5.74) is 1.71. The van der Waals surface area contributed by atoms with Crippen molar-refractivity contribution in [3.63, 3.8) is 0 Å². The Bertz CT molecular complexity index is 882. The first kappa shape index (κ1) is 19.3. The Morgan fingerprint density at radius 2 is 1.93 bits per heavy atom. The smallest absolute Gasteiger partial charge is 0.319 e. The van der Waals surface area contributed by atoms with E-state index in [0.717, 1.165) is 0 Å². The summed E-state index contributed by atoms with van der Waals surface area (Å²) in [6.45, 7) is 6.27. The molecule has 3 N–H and O–H groups in total. The van der Waals surface area contributed by atoms with Gasteiger partial charge in [0, 0.05) is 11.4 Å². The third-order valence-electron chi connectivity index (χ3n) is 4.44. The lowest BCUT2D eigenvalue weighted by Gasteiger charge is -2.34. The lowest BCUT2D eigenvalue weighted by atomic mass is 9.88. The van der Waals surface area contributed by atoms with Gasteiger partial charge in [-0.05, 0) is 36.8 Å². The average Bonchev–Trinajstić information content (AvgIpc) is 2.68. The van der Waals surface area contributed by atoms with Gasteiger partial charge in [-0.25, -0.2) is 4.79 Å². The molecular weight excluding hydrogens is 358 g/mol. The number of ether oxygens (including phenoxy) is 2. The summed E-state index contributed by atoms with van der Waals surface area (Å²) in [7, 11) is 1.54. The molecule has 1 heterocycles. The number of hydrogen-bond acceptors (Lipinski definition) is 4. The zero-order valence-electron chi connectivity index (χ0n) is 15.8. The molecule has 7 nitrogen and oxygen atoms in total. The number of urea groups is 1. The Labute approximate surface area is 163 Å². The first-order chi connectivity index (χ1) is 13.5. The summed E-state index contributed by atoms with van der Waals surface area (Å²) < 4.78 is 10.9. The molecule has 1 aliphatic rings. The number of carbonyl (C=O) groups is 2. The van der Waals surface area contributed by atoms with Crippen molar-refractivity contribution in [1.82, 2.24) is 10.6 Å². The third kappa shape index (κ3) is 4.09. The molecule has 2 aromatic rings. The van der Waals surface area contributed by atoms with Crippen LogP contribution in [0, 0.1) is 5.92 Å².